The summed E-state index contributed by atoms with van der Waals surface area (Å²) in [5.74, 6) is 1.07. The van der Waals surface area contributed by atoms with E-state index in [2.05, 4.69) is 15.8 Å². The summed E-state index contributed by atoms with van der Waals surface area (Å²) in [6.07, 6.45) is 2.97. The van der Waals surface area contributed by atoms with Gasteiger partial charge in [-0.25, -0.2) is 0 Å². The first-order valence-corrected chi connectivity index (χ1v) is 8.93. The molecule has 6 nitrogen and oxygen atoms in total. The Morgan fingerprint density at radius 1 is 1.32 bits per heavy atom. The lowest BCUT2D eigenvalue weighted by Gasteiger charge is -2.26. The number of amides is 1. The van der Waals surface area contributed by atoms with E-state index in [-0.39, 0.29) is 18.6 Å². The third kappa shape index (κ3) is 3.36. The molecule has 0 bridgehead atoms. The van der Waals surface area contributed by atoms with Crippen molar-refractivity contribution < 1.29 is 14.3 Å². The van der Waals surface area contributed by atoms with Gasteiger partial charge in [-0.1, -0.05) is 12.1 Å². The zero-order valence-corrected chi connectivity index (χ0v) is 14.2. The van der Waals surface area contributed by atoms with Gasteiger partial charge in [0, 0.05) is 18.9 Å². The largest absolute Gasteiger partial charge is 0.485 e. The Morgan fingerprint density at radius 2 is 2.20 bits per heavy atom. The topological polar surface area (TPSA) is 65.4 Å². The van der Waals surface area contributed by atoms with E-state index >= 15 is 0 Å². The summed E-state index contributed by atoms with van der Waals surface area (Å²) in [5.41, 5.74) is 1.11. The maximum absolute atomic E-state index is 12.5. The molecule has 2 aromatic heterocycles. The number of nitrogens with zero attached hydrogens (tertiary/aromatic N) is 2. The van der Waals surface area contributed by atoms with Crippen LogP contribution in [0.15, 0.2) is 59.6 Å². The van der Waals surface area contributed by atoms with E-state index < -0.39 is 6.10 Å². The van der Waals surface area contributed by atoms with Crippen LogP contribution in [0.2, 0.25) is 0 Å². The number of hydrogen-bond acceptors (Lipinski definition) is 5. The highest BCUT2D eigenvalue weighted by molar-refractivity contribution is 7.07. The van der Waals surface area contributed by atoms with Gasteiger partial charge >= 0.3 is 0 Å². The van der Waals surface area contributed by atoms with E-state index in [0.29, 0.717) is 18.0 Å². The average molecular weight is 355 g/mol. The Kier molecular flexibility index (Phi) is 4.39. The summed E-state index contributed by atoms with van der Waals surface area (Å²) < 4.78 is 13.2. The van der Waals surface area contributed by atoms with Crippen molar-refractivity contribution in [1.29, 1.82) is 0 Å². The van der Waals surface area contributed by atoms with Crippen molar-refractivity contribution in [2.45, 2.75) is 12.1 Å². The molecular formula is C18H17N3O3S. The maximum Gasteiger partial charge on any atom is 0.264 e. The molecule has 1 N–H and O–H groups in total. The minimum Gasteiger partial charge on any atom is -0.485 e. The second-order valence-corrected chi connectivity index (χ2v) is 6.45. The van der Waals surface area contributed by atoms with Crippen LogP contribution in [-0.4, -0.2) is 34.9 Å². The van der Waals surface area contributed by atoms with Gasteiger partial charge in [-0.05, 0) is 40.6 Å². The molecule has 2 atom stereocenters. The molecule has 7 heteroatoms. The highest BCUT2D eigenvalue weighted by Crippen LogP contribution is 2.30. The minimum atomic E-state index is -0.657. The molecule has 128 valence electrons. The predicted molar refractivity (Wildman–Crippen MR) is 94.0 cm³/mol. The first kappa shape index (κ1) is 15.7. The molecule has 3 heterocycles. The molecule has 0 saturated carbocycles. The fourth-order valence-electron chi connectivity index (χ4n) is 2.75. The van der Waals surface area contributed by atoms with E-state index in [1.165, 1.54) is 0 Å². The summed E-state index contributed by atoms with van der Waals surface area (Å²) in [6.45, 7) is 0.631. The van der Waals surface area contributed by atoms with Crippen molar-refractivity contribution in [2.75, 3.05) is 13.2 Å². The molecule has 3 aromatic rings. The molecule has 0 saturated heterocycles. The first-order valence-electron chi connectivity index (χ1n) is 7.98. The first-order chi connectivity index (χ1) is 12.3. The van der Waals surface area contributed by atoms with Crippen LogP contribution in [0.1, 0.15) is 11.6 Å². The van der Waals surface area contributed by atoms with Crippen LogP contribution in [0.4, 0.5) is 0 Å². The smallest absolute Gasteiger partial charge is 0.264 e. The molecule has 0 radical (unpaired) electrons. The Morgan fingerprint density at radius 3 is 2.96 bits per heavy atom. The van der Waals surface area contributed by atoms with Gasteiger partial charge < -0.3 is 14.8 Å². The lowest BCUT2D eigenvalue weighted by atomic mass is 10.1. The highest BCUT2D eigenvalue weighted by atomic mass is 32.1. The summed E-state index contributed by atoms with van der Waals surface area (Å²) in [7, 11) is 0. The molecule has 0 unspecified atom stereocenters. The molecular weight excluding hydrogens is 338 g/mol. The quantitative estimate of drug-likeness (QED) is 0.764. The average Bonchev–Trinajstić information content (AvgIpc) is 3.36. The molecule has 0 spiro atoms. The van der Waals surface area contributed by atoms with Crippen LogP contribution in [-0.2, 0) is 4.79 Å². The summed E-state index contributed by atoms with van der Waals surface area (Å²) in [4.78, 5) is 12.5. The Labute approximate surface area is 149 Å². The normalized spacial score (nSPS) is 17.0. The van der Waals surface area contributed by atoms with Crippen LogP contribution in [0.3, 0.4) is 0 Å². The van der Waals surface area contributed by atoms with Gasteiger partial charge in [0.25, 0.3) is 5.91 Å². The zero-order valence-electron chi connectivity index (χ0n) is 13.4. The van der Waals surface area contributed by atoms with Gasteiger partial charge in [-0.3, -0.25) is 9.48 Å². The van der Waals surface area contributed by atoms with Crippen LogP contribution in [0.5, 0.6) is 11.5 Å². The fourth-order valence-corrected chi connectivity index (χ4v) is 3.46. The van der Waals surface area contributed by atoms with E-state index in [4.69, 9.17) is 9.47 Å². The number of ether oxygens (including phenoxy) is 2. The van der Waals surface area contributed by atoms with Gasteiger partial charge in [0.15, 0.2) is 11.5 Å². The summed E-state index contributed by atoms with van der Waals surface area (Å²) in [5, 5.41) is 11.3. The van der Waals surface area contributed by atoms with Gasteiger partial charge in [0.1, 0.15) is 6.61 Å². The number of thiophene rings is 1. The fraction of sp³-hybridized carbons (Fsp3) is 0.222. The van der Waals surface area contributed by atoms with Crippen molar-refractivity contribution in [3.63, 3.8) is 0 Å². The van der Waals surface area contributed by atoms with E-state index in [1.807, 2.05) is 46.6 Å². The monoisotopic (exact) mass is 355 g/mol. The molecule has 0 fully saturated rings. The lowest BCUT2D eigenvalue weighted by Crippen LogP contribution is -2.45. The maximum atomic E-state index is 12.5. The summed E-state index contributed by atoms with van der Waals surface area (Å²) >= 11 is 1.62. The number of fused-ring (bicyclic) bond motifs is 1. The number of nitrogens with one attached hydrogen (secondary N) is 1. The van der Waals surface area contributed by atoms with Crippen molar-refractivity contribution in [3.05, 3.63) is 65.1 Å². The molecule has 4 rings (SSSR count). The van der Waals surface area contributed by atoms with Gasteiger partial charge in [0.05, 0.1) is 6.04 Å². The molecule has 1 aliphatic heterocycles. The minimum absolute atomic E-state index is 0.0537. The number of carbonyl (C=O) groups excluding carboxylic acids is 1. The van der Waals surface area contributed by atoms with Crippen molar-refractivity contribution in [2.24, 2.45) is 0 Å². The standard InChI is InChI=1S/C18H17N3O3S/c22-18(17-11-23-15-4-1-2-5-16(15)24-17)19-10-14(13-6-9-25-12-13)21-8-3-7-20-21/h1-9,12,14,17H,10-11H2,(H,19,22)/t14-,17-/m0/s1. The van der Waals surface area contributed by atoms with Crippen molar-refractivity contribution >= 4 is 17.2 Å². The Bertz CT molecular complexity index is 799. The van der Waals surface area contributed by atoms with Crippen molar-refractivity contribution in [1.82, 2.24) is 15.1 Å². The van der Waals surface area contributed by atoms with Gasteiger partial charge in [-0.2, -0.15) is 16.4 Å². The number of carbonyl (C=O) groups is 1. The molecule has 0 aliphatic carbocycles. The van der Waals surface area contributed by atoms with Crippen LogP contribution in [0, 0.1) is 0 Å². The zero-order chi connectivity index (χ0) is 17.1. The molecule has 1 aromatic carbocycles. The lowest BCUT2D eigenvalue weighted by molar-refractivity contribution is -0.130. The van der Waals surface area contributed by atoms with E-state index in [1.54, 1.807) is 23.6 Å². The van der Waals surface area contributed by atoms with Crippen molar-refractivity contribution in [3.8, 4) is 11.5 Å². The molecule has 1 amide bonds. The predicted octanol–water partition coefficient (Wildman–Crippen LogP) is 2.49. The van der Waals surface area contributed by atoms with Crippen LogP contribution < -0.4 is 14.8 Å². The van der Waals surface area contributed by atoms with Crippen LogP contribution in [0.25, 0.3) is 0 Å². The Balaban J connectivity index is 1.42. The highest BCUT2D eigenvalue weighted by Gasteiger charge is 2.28. The molecule has 1 aliphatic rings. The second-order valence-electron chi connectivity index (χ2n) is 5.67. The van der Waals surface area contributed by atoms with Crippen LogP contribution >= 0.6 is 11.3 Å². The van der Waals surface area contributed by atoms with Gasteiger partial charge in [0.2, 0.25) is 6.10 Å². The number of para-hydroxylation sites is 2. The molecule has 25 heavy (non-hydrogen) atoms. The van der Waals surface area contributed by atoms with E-state index in [0.717, 1.165) is 5.56 Å². The summed E-state index contributed by atoms with van der Waals surface area (Å²) in [6, 6.07) is 11.2. The van der Waals surface area contributed by atoms with Gasteiger partial charge in [-0.15, -0.1) is 0 Å². The number of benzene rings is 1. The van der Waals surface area contributed by atoms with E-state index in [9.17, 15) is 4.79 Å². The number of aromatic nitrogens is 2. The number of hydrogen-bond donors (Lipinski definition) is 1. The SMILES string of the molecule is O=C(NC[C@@H](c1ccsc1)n1cccn1)[C@@H]1COc2ccccc2O1. The second kappa shape index (κ2) is 6.98. The third-order valence-corrected chi connectivity index (χ3v) is 4.74. The Hall–Kier alpha value is -2.80. The third-order valence-electron chi connectivity index (χ3n) is 4.04. The number of rotatable bonds is 5.